The maximum atomic E-state index is 11.5. The molecule has 3 nitrogen and oxygen atoms in total. The van der Waals surface area contributed by atoms with Crippen molar-refractivity contribution in [2.75, 3.05) is 6.61 Å². The number of aryl methyl sites for hydroxylation is 2. The fourth-order valence-electron chi connectivity index (χ4n) is 3.23. The van der Waals surface area contributed by atoms with E-state index in [1.165, 1.54) is 24.0 Å². The zero-order valence-corrected chi connectivity index (χ0v) is 13.2. The zero-order valence-electron chi connectivity index (χ0n) is 13.2. The molecule has 3 heteroatoms. The Morgan fingerprint density at radius 2 is 1.87 bits per heavy atom. The normalized spacial score (nSPS) is 14.3. The lowest BCUT2D eigenvalue weighted by atomic mass is 9.94. The Labute approximate surface area is 136 Å². The maximum absolute atomic E-state index is 11.5. The van der Waals surface area contributed by atoms with Crippen molar-refractivity contribution in [3.63, 3.8) is 0 Å². The SMILES string of the molecule is O=C(O)C(CCCOc1ccc2c(c1)CCC2)c1ccccc1. The van der Waals surface area contributed by atoms with Gasteiger partial charge in [0.2, 0.25) is 0 Å². The standard InChI is InChI=1S/C20H22O3/c21-20(22)19(16-6-2-1-3-7-16)10-5-13-23-18-12-11-15-8-4-9-17(15)14-18/h1-3,6-7,11-12,14,19H,4-5,8-10,13H2,(H,21,22). The predicted molar refractivity (Wildman–Crippen MR) is 90.0 cm³/mol. The molecule has 23 heavy (non-hydrogen) atoms. The Kier molecular flexibility index (Phi) is 4.96. The van der Waals surface area contributed by atoms with Crippen molar-refractivity contribution in [1.82, 2.24) is 0 Å². The Morgan fingerprint density at radius 1 is 1.09 bits per heavy atom. The van der Waals surface area contributed by atoms with E-state index in [0.29, 0.717) is 13.0 Å². The van der Waals surface area contributed by atoms with Gasteiger partial charge in [0.15, 0.2) is 0 Å². The van der Waals surface area contributed by atoms with Crippen LogP contribution in [-0.2, 0) is 17.6 Å². The first-order valence-corrected chi connectivity index (χ1v) is 8.26. The lowest BCUT2D eigenvalue weighted by Gasteiger charge is -2.13. The van der Waals surface area contributed by atoms with E-state index in [1.54, 1.807) is 0 Å². The maximum Gasteiger partial charge on any atom is 0.310 e. The number of aliphatic carboxylic acids is 1. The summed E-state index contributed by atoms with van der Waals surface area (Å²) in [5.41, 5.74) is 3.69. The highest BCUT2D eigenvalue weighted by atomic mass is 16.5. The van der Waals surface area contributed by atoms with Gasteiger partial charge in [0.1, 0.15) is 5.75 Å². The lowest BCUT2D eigenvalue weighted by molar-refractivity contribution is -0.139. The molecule has 1 aliphatic carbocycles. The van der Waals surface area contributed by atoms with Gasteiger partial charge in [0, 0.05) is 0 Å². The highest BCUT2D eigenvalue weighted by Gasteiger charge is 2.19. The van der Waals surface area contributed by atoms with E-state index in [4.69, 9.17) is 4.74 Å². The molecule has 0 bridgehead atoms. The smallest absolute Gasteiger partial charge is 0.310 e. The van der Waals surface area contributed by atoms with Crippen LogP contribution < -0.4 is 4.74 Å². The molecule has 1 unspecified atom stereocenters. The average Bonchev–Trinajstić information content (AvgIpc) is 3.03. The molecule has 0 radical (unpaired) electrons. The van der Waals surface area contributed by atoms with Gasteiger partial charge in [-0.1, -0.05) is 36.4 Å². The molecule has 0 heterocycles. The van der Waals surface area contributed by atoms with Gasteiger partial charge in [0.25, 0.3) is 0 Å². The van der Waals surface area contributed by atoms with Crippen LogP contribution in [0.5, 0.6) is 5.75 Å². The number of carboxylic acid groups (broad SMARTS) is 1. The van der Waals surface area contributed by atoms with Gasteiger partial charge < -0.3 is 9.84 Å². The fourth-order valence-corrected chi connectivity index (χ4v) is 3.23. The predicted octanol–water partition coefficient (Wildman–Crippen LogP) is 4.20. The van der Waals surface area contributed by atoms with E-state index in [9.17, 15) is 9.90 Å². The summed E-state index contributed by atoms with van der Waals surface area (Å²) < 4.78 is 5.80. The van der Waals surface area contributed by atoms with Crippen molar-refractivity contribution in [2.24, 2.45) is 0 Å². The fraction of sp³-hybridized carbons (Fsp3) is 0.350. The van der Waals surface area contributed by atoms with Crippen molar-refractivity contribution >= 4 is 5.97 Å². The molecule has 0 saturated heterocycles. The molecular formula is C20H22O3. The first kappa shape index (κ1) is 15.6. The quantitative estimate of drug-likeness (QED) is 0.780. The van der Waals surface area contributed by atoms with E-state index >= 15 is 0 Å². The van der Waals surface area contributed by atoms with Crippen molar-refractivity contribution in [3.8, 4) is 5.75 Å². The molecule has 0 saturated carbocycles. The number of carbonyl (C=O) groups is 1. The van der Waals surface area contributed by atoms with Crippen LogP contribution >= 0.6 is 0 Å². The molecule has 0 aliphatic heterocycles. The van der Waals surface area contributed by atoms with E-state index < -0.39 is 11.9 Å². The summed E-state index contributed by atoms with van der Waals surface area (Å²) in [6.45, 7) is 0.551. The number of hydrogen-bond acceptors (Lipinski definition) is 2. The molecule has 0 spiro atoms. The van der Waals surface area contributed by atoms with Crippen LogP contribution in [0.2, 0.25) is 0 Å². The summed E-state index contributed by atoms with van der Waals surface area (Å²) in [5.74, 6) is -0.328. The third-order valence-corrected chi connectivity index (χ3v) is 4.48. The van der Waals surface area contributed by atoms with Gasteiger partial charge in [0.05, 0.1) is 12.5 Å². The first-order chi connectivity index (χ1) is 11.2. The topological polar surface area (TPSA) is 46.5 Å². The molecule has 120 valence electrons. The van der Waals surface area contributed by atoms with E-state index in [1.807, 2.05) is 36.4 Å². The molecule has 1 N–H and O–H groups in total. The molecule has 0 fully saturated rings. The van der Waals surface area contributed by atoms with Crippen molar-refractivity contribution in [2.45, 2.75) is 38.0 Å². The van der Waals surface area contributed by atoms with Gasteiger partial charge >= 0.3 is 5.97 Å². The third-order valence-electron chi connectivity index (χ3n) is 4.48. The van der Waals surface area contributed by atoms with Gasteiger partial charge in [-0.3, -0.25) is 4.79 Å². The third kappa shape index (κ3) is 3.92. The van der Waals surface area contributed by atoms with Crippen LogP contribution in [0.15, 0.2) is 48.5 Å². The van der Waals surface area contributed by atoms with Crippen molar-refractivity contribution in [1.29, 1.82) is 0 Å². The van der Waals surface area contributed by atoms with Crippen LogP contribution in [0.3, 0.4) is 0 Å². The Balaban J connectivity index is 1.51. The lowest BCUT2D eigenvalue weighted by Crippen LogP contribution is -2.13. The number of benzene rings is 2. The summed E-state index contributed by atoms with van der Waals surface area (Å²) in [5, 5.41) is 9.41. The van der Waals surface area contributed by atoms with Crippen molar-refractivity contribution in [3.05, 3.63) is 65.2 Å². The largest absolute Gasteiger partial charge is 0.494 e. The molecule has 1 atom stereocenters. The van der Waals surface area contributed by atoms with Gasteiger partial charge in [-0.05, 0) is 60.9 Å². The minimum absolute atomic E-state index is 0.458. The number of fused-ring (bicyclic) bond motifs is 1. The molecule has 0 aromatic heterocycles. The highest BCUT2D eigenvalue weighted by molar-refractivity contribution is 5.75. The first-order valence-electron chi connectivity index (χ1n) is 8.26. The molecular weight excluding hydrogens is 288 g/mol. The minimum atomic E-state index is -0.770. The summed E-state index contributed by atoms with van der Waals surface area (Å²) >= 11 is 0. The molecule has 3 rings (SSSR count). The van der Waals surface area contributed by atoms with Crippen LogP contribution in [0, 0.1) is 0 Å². The van der Waals surface area contributed by atoms with Gasteiger partial charge in [-0.2, -0.15) is 0 Å². The van der Waals surface area contributed by atoms with Gasteiger partial charge in [-0.15, -0.1) is 0 Å². The van der Waals surface area contributed by atoms with E-state index in [2.05, 4.69) is 12.1 Å². The van der Waals surface area contributed by atoms with Crippen molar-refractivity contribution < 1.29 is 14.6 Å². The zero-order chi connectivity index (χ0) is 16.1. The summed E-state index contributed by atoms with van der Waals surface area (Å²) in [7, 11) is 0. The molecule has 2 aromatic carbocycles. The monoisotopic (exact) mass is 310 g/mol. The Bertz CT molecular complexity index is 664. The number of ether oxygens (including phenoxy) is 1. The second kappa shape index (κ2) is 7.32. The summed E-state index contributed by atoms with van der Waals surface area (Å²) in [6.07, 6.45) is 4.86. The number of hydrogen-bond donors (Lipinski definition) is 1. The second-order valence-corrected chi connectivity index (χ2v) is 6.08. The minimum Gasteiger partial charge on any atom is -0.494 e. The van der Waals surface area contributed by atoms with Crippen LogP contribution in [0.25, 0.3) is 0 Å². The van der Waals surface area contributed by atoms with E-state index in [0.717, 1.165) is 24.2 Å². The summed E-state index contributed by atoms with van der Waals surface area (Å²) in [6, 6.07) is 15.7. The second-order valence-electron chi connectivity index (χ2n) is 6.08. The number of carboxylic acids is 1. The Morgan fingerprint density at radius 3 is 2.65 bits per heavy atom. The Hall–Kier alpha value is -2.29. The molecule has 0 amide bonds. The van der Waals surface area contributed by atoms with Gasteiger partial charge in [-0.25, -0.2) is 0 Å². The number of rotatable bonds is 7. The average molecular weight is 310 g/mol. The van der Waals surface area contributed by atoms with E-state index in [-0.39, 0.29) is 0 Å². The van der Waals surface area contributed by atoms with Crippen LogP contribution in [0.1, 0.15) is 41.9 Å². The highest BCUT2D eigenvalue weighted by Crippen LogP contribution is 2.26. The molecule has 1 aliphatic rings. The summed E-state index contributed by atoms with van der Waals surface area (Å²) in [4.78, 5) is 11.5. The van der Waals surface area contributed by atoms with Crippen LogP contribution in [0.4, 0.5) is 0 Å². The molecule has 2 aromatic rings. The van der Waals surface area contributed by atoms with Crippen LogP contribution in [-0.4, -0.2) is 17.7 Å².